The van der Waals surface area contributed by atoms with Crippen molar-refractivity contribution >= 4 is 27.6 Å². The summed E-state index contributed by atoms with van der Waals surface area (Å²) in [5.74, 6) is 0. The lowest BCUT2D eigenvalue weighted by Gasteiger charge is -2.02. The van der Waals surface area contributed by atoms with Crippen molar-refractivity contribution in [1.29, 1.82) is 0 Å². The van der Waals surface area contributed by atoms with Gasteiger partial charge in [0.25, 0.3) is 0 Å². The molecule has 0 bridgehead atoms. The van der Waals surface area contributed by atoms with Gasteiger partial charge in [-0.2, -0.15) is 8.42 Å². The minimum Gasteiger partial charge on any atom is -0.464 e. The van der Waals surface area contributed by atoms with Crippen LogP contribution < -0.4 is 20.0 Å². The Bertz CT molecular complexity index is 997. The number of carbonyl (C=O) groups is 1. The van der Waals surface area contributed by atoms with Gasteiger partial charge in [0.1, 0.15) is 0 Å². The lowest BCUT2D eigenvalue weighted by atomic mass is 10.5. The first-order valence-electron chi connectivity index (χ1n) is 7.92. The third kappa shape index (κ3) is 4.40. The number of aryl methyl sites for hydroxylation is 1. The summed E-state index contributed by atoms with van der Waals surface area (Å²) in [6.07, 6.45) is 2.49. The molecular formula is C13H20N6O5S2. The molecule has 13 heteroatoms. The molecule has 0 atom stereocenters. The number of hydrogen-bond donors (Lipinski definition) is 1. The largest absolute Gasteiger partial charge is 0.464 e. The van der Waals surface area contributed by atoms with E-state index in [9.17, 15) is 18.0 Å². The molecule has 0 spiro atoms. The Kier molecular flexibility index (Phi) is 6.37. The Morgan fingerprint density at radius 3 is 2.73 bits per heavy atom. The molecule has 0 aliphatic heterocycles. The van der Waals surface area contributed by atoms with Crippen LogP contribution in [0.5, 0.6) is 6.01 Å². The Hall–Kier alpha value is -2.41. The van der Waals surface area contributed by atoms with Gasteiger partial charge in [-0.3, -0.25) is 0 Å². The van der Waals surface area contributed by atoms with Crippen molar-refractivity contribution in [2.75, 3.05) is 6.61 Å². The average Bonchev–Trinajstić information content (AvgIpc) is 3.11. The van der Waals surface area contributed by atoms with Crippen LogP contribution in [0.2, 0.25) is 0 Å². The number of nitrogens with zero attached hydrogens (tertiary/aromatic N) is 5. The first-order chi connectivity index (χ1) is 12.3. The van der Waals surface area contributed by atoms with Crippen molar-refractivity contribution in [2.45, 2.75) is 40.3 Å². The van der Waals surface area contributed by atoms with E-state index < -0.39 is 21.9 Å². The minimum absolute atomic E-state index is 0.0662. The van der Waals surface area contributed by atoms with Gasteiger partial charge in [-0.05, 0) is 20.3 Å². The molecule has 0 fully saturated rings. The quantitative estimate of drug-likeness (QED) is 0.699. The number of hydrogen-bond acceptors (Lipinski definition) is 7. The summed E-state index contributed by atoms with van der Waals surface area (Å²) < 4.78 is 37.9. The number of ether oxygens (including phenoxy) is 1. The third-order valence-corrected chi connectivity index (χ3v) is 4.91. The van der Waals surface area contributed by atoms with E-state index in [2.05, 4.69) is 9.50 Å². The fourth-order valence-corrected chi connectivity index (χ4v) is 3.82. The lowest BCUT2D eigenvalue weighted by Crippen LogP contribution is -2.40. The highest BCUT2D eigenvalue weighted by atomic mass is 32.2. The zero-order valence-electron chi connectivity index (χ0n) is 14.6. The summed E-state index contributed by atoms with van der Waals surface area (Å²) >= 11 is 1.12. The van der Waals surface area contributed by atoms with Crippen molar-refractivity contribution in [3.63, 3.8) is 0 Å². The maximum absolute atomic E-state index is 12.2. The molecule has 0 radical (unpaired) electrons. The molecule has 144 valence electrons. The summed E-state index contributed by atoms with van der Waals surface area (Å²) in [7, 11) is -4.37. The maximum Gasteiger partial charge on any atom is 0.361 e. The van der Waals surface area contributed by atoms with Crippen molar-refractivity contribution in [1.82, 2.24) is 23.6 Å². The van der Waals surface area contributed by atoms with Gasteiger partial charge in [-0.25, -0.2) is 18.9 Å². The first kappa shape index (κ1) is 19.9. The highest BCUT2D eigenvalue weighted by Crippen LogP contribution is 2.03. The molecule has 0 saturated carbocycles. The lowest BCUT2D eigenvalue weighted by molar-refractivity contribution is 0.242. The fourth-order valence-electron chi connectivity index (χ4n) is 2.08. The molecule has 1 amide bonds. The van der Waals surface area contributed by atoms with E-state index in [1.807, 2.05) is 6.92 Å². The Morgan fingerprint density at radius 2 is 2.12 bits per heavy atom. The van der Waals surface area contributed by atoms with Crippen molar-refractivity contribution in [3.8, 4) is 6.01 Å². The van der Waals surface area contributed by atoms with Gasteiger partial charge < -0.3 is 9.30 Å². The summed E-state index contributed by atoms with van der Waals surface area (Å²) in [5.41, 5.74) is -0.805. The zero-order valence-corrected chi connectivity index (χ0v) is 16.2. The summed E-state index contributed by atoms with van der Waals surface area (Å²) in [5, 5.41) is 5.41. The van der Waals surface area contributed by atoms with Gasteiger partial charge in [0, 0.05) is 24.7 Å². The molecule has 0 aromatic carbocycles. The average molecular weight is 404 g/mol. The first-order valence-corrected chi connectivity index (χ1v) is 10.2. The van der Waals surface area contributed by atoms with Crippen molar-refractivity contribution in [3.05, 3.63) is 26.9 Å². The van der Waals surface area contributed by atoms with Crippen LogP contribution >= 0.6 is 11.3 Å². The number of thiazole rings is 1. The smallest absolute Gasteiger partial charge is 0.361 e. The number of carbonyl (C=O) groups excluding carboxylic acids is 1. The number of nitrogens with one attached hydrogen (secondary N) is 1. The predicted octanol–water partition coefficient (Wildman–Crippen LogP) is 0.140. The normalized spacial score (nSPS) is 12.3. The standard InChI is InChI=1S/C13H20N6O5S2/c1-4-7-17-8-9-25-12(17)16-26(22,23)15-10(20)19-13(21)18(5-2)11(14-19)24-6-3/h8-9H,4-7H2,1-3H3,(H,15,20). The monoisotopic (exact) mass is 404 g/mol. The number of amides is 1. The van der Waals surface area contributed by atoms with Gasteiger partial charge in [0.15, 0.2) is 0 Å². The fraction of sp³-hybridized carbons (Fsp3) is 0.538. The molecule has 0 aliphatic rings. The van der Waals surface area contributed by atoms with Crippen LogP contribution in [-0.4, -0.2) is 40.0 Å². The third-order valence-electron chi connectivity index (χ3n) is 3.15. The molecular weight excluding hydrogens is 384 g/mol. The molecule has 1 N–H and O–H groups in total. The number of aromatic nitrogens is 4. The molecule has 26 heavy (non-hydrogen) atoms. The van der Waals surface area contributed by atoms with Crippen LogP contribution in [0.25, 0.3) is 0 Å². The Labute approximate surface area is 153 Å². The molecule has 11 nitrogen and oxygen atoms in total. The van der Waals surface area contributed by atoms with Crippen LogP contribution in [0.1, 0.15) is 27.2 Å². The molecule has 0 aliphatic carbocycles. The second-order valence-corrected chi connectivity index (χ2v) is 7.22. The zero-order chi connectivity index (χ0) is 19.3. The molecule has 0 saturated heterocycles. The van der Waals surface area contributed by atoms with Crippen molar-refractivity contribution in [2.24, 2.45) is 4.40 Å². The van der Waals surface area contributed by atoms with E-state index in [0.29, 0.717) is 11.2 Å². The molecule has 2 rings (SSSR count). The summed E-state index contributed by atoms with van der Waals surface area (Å²) in [4.78, 5) is 24.6. The van der Waals surface area contributed by atoms with Gasteiger partial charge in [-0.15, -0.1) is 25.5 Å². The highest BCUT2D eigenvalue weighted by molar-refractivity contribution is 7.88. The summed E-state index contributed by atoms with van der Waals surface area (Å²) in [6.45, 7) is 6.34. The molecule has 0 unspecified atom stereocenters. The molecule has 2 heterocycles. The predicted molar refractivity (Wildman–Crippen MR) is 94.3 cm³/mol. The van der Waals surface area contributed by atoms with Crippen LogP contribution in [0.3, 0.4) is 0 Å². The highest BCUT2D eigenvalue weighted by Gasteiger charge is 2.22. The van der Waals surface area contributed by atoms with Gasteiger partial charge in [0.2, 0.25) is 4.80 Å². The number of rotatable bonds is 7. The summed E-state index contributed by atoms with van der Waals surface area (Å²) in [6, 6.07) is -1.30. The van der Waals surface area contributed by atoms with Gasteiger partial charge in [0.05, 0.1) is 6.61 Å². The van der Waals surface area contributed by atoms with E-state index >= 15 is 0 Å². The maximum atomic E-state index is 12.2. The van der Waals surface area contributed by atoms with E-state index in [4.69, 9.17) is 4.74 Å². The second kappa shape index (κ2) is 8.31. The second-order valence-electron chi connectivity index (χ2n) is 5.01. The SMILES string of the molecule is CCCn1ccsc1=NS(=O)(=O)NC(=O)n1nc(OCC)n(CC)c1=O. The van der Waals surface area contributed by atoms with E-state index in [1.54, 1.807) is 34.7 Å². The Balaban J connectivity index is 2.32. The van der Waals surface area contributed by atoms with Crippen LogP contribution in [0, 0.1) is 0 Å². The van der Waals surface area contributed by atoms with Gasteiger partial charge >= 0.3 is 27.9 Å². The topological polar surface area (TPSA) is 130 Å². The molecule has 2 aromatic heterocycles. The van der Waals surface area contributed by atoms with Crippen molar-refractivity contribution < 1.29 is 17.9 Å². The van der Waals surface area contributed by atoms with E-state index in [-0.39, 0.29) is 24.0 Å². The van der Waals surface area contributed by atoms with Crippen LogP contribution in [0.4, 0.5) is 4.79 Å². The molecule has 2 aromatic rings. The van der Waals surface area contributed by atoms with Crippen LogP contribution in [0.15, 0.2) is 20.8 Å². The van der Waals surface area contributed by atoms with E-state index in [1.165, 1.54) is 0 Å². The Morgan fingerprint density at radius 1 is 1.38 bits per heavy atom. The van der Waals surface area contributed by atoms with Crippen LogP contribution in [-0.2, 0) is 23.3 Å². The minimum atomic E-state index is -4.37. The van der Waals surface area contributed by atoms with E-state index in [0.717, 1.165) is 22.3 Å². The van der Waals surface area contributed by atoms with Gasteiger partial charge in [-0.1, -0.05) is 6.92 Å².